The molecular formula is C13H14F3N3. The number of rotatable bonds is 3. The van der Waals surface area contributed by atoms with Crippen LogP contribution in [0.4, 0.5) is 19.1 Å². The Morgan fingerprint density at radius 2 is 1.84 bits per heavy atom. The van der Waals surface area contributed by atoms with Gasteiger partial charge in [-0.25, -0.2) is 4.98 Å². The highest BCUT2D eigenvalue weighted by atomic mass is 19.4. The van der Waals surface area contributed by atoms with Crippen molar-refractivity contribution in [3.05, 3.63) is 47.3 Å². The average molecular weight is 269 g/mol. The molecule has 0 unspecified atom stereocenters. The number of imidazole rings is 1. The van der Waals surface area contributed by atoms with Gasteiger partial charge in [-0.2, -0.15) is 13.2 Å². The van der Waals surface area contributed by atoms with E-state index in [-0.39, 0.29) is 0 Å². The minimum absolute atomic E-state index is 0.481. The standard InChI is InChI=1S/C13H14F3N3/c1-9-7-19(12(17-2)18-9)8-10-3-5-11(6-4-10)13(14,15)16/h3-7H,8H2,1-2H3,(H,17,18). The number of aromatic nitrogens is 2. The van der Waals surface area contributed by atoms with Crippen molar-refractivity contribution in [2.75, 3.05) is 12.4 Å². The van der Waals surface area contributed by atoms with E-state index in [0.29, 0.717) is 12.5 Å². The number of halogens is 3. The number of hydrogen-bond donors (Lipinski definition) is 1. The molecule has 0 radical (unpaired) electrons. The molecule has 0 aliphatic heterocycles. The van der Waals surface area contributed by atoms with Crippen molar-refractivity contribution >= 4 is 5.95 Å². The second-order valence-electron chi connectivity index (χ2n) is 4.28. The third-order valence-electron chi connectivity index (χ3n) is 2.75. The van der Waals surface area contributed by atoms with Gasteiger partial charge >= 0.3 is 6.18 Å². The summed E-state index contributed by atoms with van der Waals surface area (Å²) >= 11 is 0. The Morgan fingerprint density at radius 3 is 2.37 bits per heavy atom. The Labute approximate surface area is 109 Å². The highest BCUT2D eigenvalue weighted by Crippen LogP contribution is 2.29. The number of aryl methyl sites for hydroxylation is 1. The zero-order chi connectivity index (χ0) is 14.0. The molecule has 1 aromatic heterocycles. The van der Waals surface area contributed by atoms with E-state index in [1.54, 1.807) is 7.05 Å². The molecule has 0 aliphatic rings. The Hall–Kier alpha value is -1.98. The van der Waals surface area contributed by atoms with Crippen molar-refractivity contribution in [3.8, 4) is 0 Å². The summed E-state index contributed by atoms with van der Waals surface area (Å²) in [5.74, 6) is 0.692. The van der Waals surface area contributed by atoms with Crippen LogP contribution in [0.15, 0.2) is 30.5 Å². The molecule has 0 fully saturated rings. The van der Waals surface area contributed by atoms with Gasteiger partial charge in [0.1, 0.15) is 0 Å². The fourth-order valence-electron chi connectivity index (χ4n) is 1.86. The van der Waals surface area contributed by atoms with Crippen LogP contribution < -0.4 is 5.32 Å². The molecule has 0 atom stereocenters. The van der Waals surface area contributed by atoms with Crippen LogP contribution in [0.25, 0.3) is 0 Å². The van der Waals surface area contributed by atoms with Gasteiger partial charge in [-0.3, -0.25) is 0 Å². The molecule has 1 N–H and O–H groups in total. The highest BCUT2D eigenvalue weighted by Gasteiger charge is 2.29. The smallest absolute Gasteiger partial charge is 0.359 e. The van der Waals surface area contributed by atoms with E-state index in [0.717, 1.165) is 23.4 Å². The summed E-state index contributed by atoms with van der Waals surface area (Å²) in [7, 11) is 1.75. The second kappa shape index (κ2) is 4.95. The topological polar surface area (TPSA) is 29.9 Å². The largest absolute Gasteiger partial charge is 0.416 e. The van der Waals surface area contributed by atoms with Crippen LogP contribution >= 0.6 is 0 Å². The zero-order valence-corrected chi connectivity index (χ0v) is 10.6. The molecule has 2 rings (SSSR count). The van der Waals surface area contributed by atoms with E-state index in [9.17, 15) is 13.2 Å². The average Bonchev–Trinajstić information content (AvgIpc) is 2.69. The summed E-state index contributed by atoms with van der Waals surface area (Å²) in [6, 6.07) is 5.16. The fourth-order valence-corrected chi connectivity index (χ4v) is 1.86. The molecule has 0 saturated carbocycles. The zero-order valence-electron chi connectivity index (χ0n) is 10.6. The van der Waals surface area contributed by atoms with Crippen molar-refractivity contribution in [2.24, 2.45) is 0 Å². The number of nitrogens with zero attached hydrogens (tertiary/aromatic N) is 2. The van der Waals surface area contributed by atoms with E-state index >= 15 is 0 Å². The summed E-state index contributed by atoms with van der Waals surface area (Å²) < 4.78 is 39.2. The van der Waals surface area contributed by atoms with Crippen molar-refractivity contribution in [2.45, 2.75) is 19.6 Å². The lowest BCUT2D eigenvalue weighted by Gasteiger charge is -2.09. The van der Waals surface area contributed by atoms with Gasteiger partial charge in [0, 0.05) is 13.2 Å². The van der Waals surface area contributed by atoms with Gasteiger partial charge in [-0.05, 0) is 24.6 Å². The first-order chi connectivity index (χ1) is 8.90. The molecule has 3 nitrogen and oxygen atoms in total. The fraction of sp³-hybridized carbons (Fsp3) is 0.308. The van der Waals surface area contributed by atoms with Crippen LogP contribution in [0.1, 0.15) is 16.8 Å². The van der Waals surface area contributed by atoms with E-state index in [1.165, 1.54) is 12.1 Å². The second-order valence-corrected chi connectivity index (χ2v) is 4.28. The van der Waals surface area contributed by atoms with Gasteiger partial charge in [0.15, 0.2) is 0 Å². The summed E-state index contributed by atoms with van der Waals surface area (Å²) in [6.07, 6.45) is -2.44. The first kappa shape index (κ1) is 13.5. The van der Waals surface area contributed by atoms with Gasteiger partial charge in [0.25, 0.3) is 0 Å². The van der Waals surface area contributed by atoms with Crippen molar-refractivity contribution < 1.29 is 13.2 Å². The quantitative estimate of drug-likeness (QED) is 0.926. The molecular weight excluding hydrogens is 255 g/mol. The normalized spacial score (nSPS) is 11.6. The van der Waals surface area contributed by atoms with E-state index in [2.05, 4.69) is 10.3 Å². The lowest BCUT2D eigenvalue weighted by atomic mass is 10.1. The van der Waals surface area contributed by atoms with Gasteiger partial charge in [-0.15, -0.1) is 0 Å². The van der Waals surface area contributed by atoms with E-state index in [4.69, 9.17) is 0 Å². The summed E-state index contributed by atoms with van der Waals surface area (Å²) in [5.41, 5.74) is 1.02. The van der Waals surface area contributed by atoms with Crippen LogP contribution in [-0.4, -0.2) is 16.6 Å². The molecule has 6 heteroatoms. The minimum Gasteiger partial charge on any atom is -0.359 e. The molecule has 0 aliphatic carbocycles. The first-order valence-corrected chi connectivity index (χ1v) is 5.78. The number of anilines is 1. The SMILES string of the molecule is CNc1nc(C)cn1Cc1ccc(C(F)(F)F)cc1. The molecule has 0 saturated heterocycles. The van der Waals surface area contributed by atoms with E-state index < -0.39 is 11.7 Å². The molecule has 0 amide bonds. The lowest BCUT2D eigenvalue weighted by molar-refractivity contribution is -0.137. The van der Waals surface area contributed by atoms with Gasteiger partial charge in [-0.1, -0.05) is 12.1 Å². The lowest BCUT2D eigenvalue weighted by Crippen LogP contribution is -2.06. The molecule has 1 heterocycles. The van der Waals surface area contributed by atoms with Crippen LogP contribution in [0, 0.1) is 6.92 Å². The Balaban J connectivity index is 2.19. The molecule has 102 valence electrons. The van der Waals surface area contributed by atoms with Crippen molar-refractivity contribution in [1.82, 2.24) is 9.55 Å². The van der Waals surface area contributed by atoms with Gasteiger partial charge < -0.3 is 9.88 Å². The van der Waals surface area contributed by atoms with Gasteiger partial charge in [0.05, 0.1) is 17.8 Å². The maximum Gasteiger partial charge on any atom is 0.416 e. The minimum atomic E-state index is -4.29. The third-order valence-corrected chi connectivity index (χ3v) is 2.75. The molecule has 0 spiro atoms. The van der Waals surface area contributed by atoms with E-state index in [1.807, 2.05) is 17.7 Å². The van der Waals surface area contributed by atoms with Crippen LogP contribution in [0.5, 0.6) is 0 Å². The molecule has 1 aromatic carbocycles. The highest BCUT2D eigenvalue weighted by molar-refractivity contribution is 5.31. The van der Waals surface area contributed by atoms with Crippen LogP contribution in [0.3, 0.4) is 0 Å². The van der Waals surface area contributed by atoms with Crippen LogP contribution in [0.2, 0.25) is 0 Å². The first-order valence-electron chi connectivity index (χ1n) is 5.78. The predicted octanol–water partition coefficient (Wildman–Crippen LogP) is 3.30. The number of hydrogen-bond acceptors (Lipinski definition) is 2. The summed E-state index contributed by atoms with van der Waals surface area (Å²) in [6.45, 7) is 2.35. The Kier molecular flexibility index (Phi) is 3.50. The third kappa shape index (κ3) is 3.07. The monoisotopic (exact) mass is 269 g/mol. The Bertz CT molecular complexity index is 556. The number of nitrogens with one attached hydrogen (secondary N) is 1. The summed E-state index contributed by atoms with van der Waals surface area (Å²) in [5, 5.41) is 2.94. The van der Waals surface area contributed by atoms with Crippen LogP contribution in [-0.2, 0) is 12.7 Å². The maximum atomic E-state index is 12.4. The maximum absolute atomic E-state index is 12.4. The number of benzene rings is 1. The molecule has 0 bridgehead atoms. The molecule has 2 aromatic rings. The molecule has 19 heavy (non-hydrogen) atoms. The van der Waals surface area contributed by atoms with Crippen molar-refractivity contribution in [1.29, 1.82) is 0 Å². The number of alkyl halides is 3. The predicted molar refractivity (Wildman–Crippen MR) is 67.1 cm³/mol. The van der Waals surface area contributed by atoms with Crippen molar-refractivity contribution in [3.63, 3.8) is 0 Å². The Morgan fingerprint density at radius 1 is 1.21 bits per heavy atom. The summed E-state index contributed by atoms with van der Waals surface area (Å²) in [4.78, 5) is 4.25. The van der Waals surface area contributed by atoms with Gasteiger partial charge in [0.2, 0.25) is 5.95 Å².